The molecule has 0 bridgehead atoms. The molecule has 1 aliphatic heterocycles. The highest BCUT2D eigenvalue weighted by Gasteiger charge is 2.20. The number of hydrogen-bond donors (Lipinski definition) is 0. The fourth-order valence-corrected chi connectivity index (χ4v) is 1.92. The predicted molar refractivity (Wildman–Crippen MR) is 57.6 cm³/mol. The van der Waals surface area contributed by atoms with Crippen molar-refractivity contribution in [3.8, 4) is 0 Å². The summed E-state index contributed by atoms with van der Waals surface area (Å²) in [5, 5.41) is 3.75. The molecule has 6 heteroatoms. The topological polar surface area (TPSA) is 69.8 Å². The van der Waals surface area contributed by atoms with Crippen LogP contribution in [-0.4, -0.2) is 28.7 Å². The molecule has 6 nitrogen and oxygen atoms in total. The standard InChI is InChI=1S/C9H14N6/c1-14-7-4-11-9(14)15-5-2-8(3-6-15)12-13-10/h4,7-8H,2-3,5-6H2,1H3. The fraction of sp³-hybridized carbons (Fsp3) is 0.667. The van der Waals surface area contributed by atoms with Crippen molar-refractivity contribution in [3.05, 3.63) is 22.8 Å². The molecule has 1 aromatic heterocycles. The minimum Gasteiger partial charge on any atom is -0.342 e. The van der Waals surface area contributed by atoms with Gasteiger partial charge in [-0.3, -0.25) is 0 Å². The quantitative estimate of drug-likeness (QED) is 0.420. The lowest BCUT2D eigenvalue weighted by molar-refractivity contribution is 0.491. The van der Waals surface area contributed by atoms with E-state index in [1.807, 2.05) is 17.8 Å². The minimum absolute atomic E-state index is 0.159. The molecule has 1 fully saturated rings. The predicted octanol–water partition coefficient (Wildman–Crippen LogP) is 1.70. The van der Waals surface area contributed by atoms with Gasteiger partial charge in [0.25, 0.3) is 0 Å². The number of anilines is 1. The van der Waals surface area contributed by atoms with Crippen molar-refractivity contribution in [1.82, 2.24) is 9.55 Å². The third-order valence-electron chi connectivity index (χ3n) is 2.76. The van der Waals surface area contributed by atoms with Crippen molar-refractivity contribution in [2.24, 2.45) is 12.2 Å². The molecule has 1 aliphatic rings. The van der Waals surface area contributed by atoms with Gasteiger partial charge in [0.2, 0.25) is 5.95 Å². The minimum atomic E-state index is 0.159. The first-order valence-corrected chi connectivity index (χ1v) is 5.07. The second kappa shape index (κ2) is 4.23. The Labute approximate surface area is 88.1 Å². The maximum absolute atomic E-state index is 8.34. The summed E-state index contributed by atoms with van der Waals surface area (Å²) in [6.45, 7) is 1.82. The SMILES string of the molecule is Cn1ccnc1N1CCC(N=[N+]=[N-])CC1. The zero-order valence-corrected chi connectivity index (χ0v) is 8.74. The van der Waals surface area contributed by atoms with Gasteiger partial charge in [-0.25, -0.2) is 4.98 Å². The number of aryl methyl sites for hydroxylation is 1. The van der Waals surface area contributed by atoms with Crippen molar-refractivity contribution in [2.75, 3.05) is 18.0 Å². The average molecular weight is 206 g/mol. The van der Waals surface area contributed by atoms with E-state index >= 15 is 0 Å². The lowest BCUT2D eigenvalue weighted by Gasteiger charge is -2.30. The first-order valence-electron chi connectivity index (χ1n) is 5.07. The Morgan fingerprint density at radius 2 is 2.27 bits per heavy atom. The smallest absolute Gasteiger partial charge is 0.205 e. The first kappa shape index (κ1) is 9.86. The van der Waals surface area contributed by atoms with Crippen LogP contribution in [0.1, 0.15) is 12.8 Å². The van der Waals surface area contributed by atoms with E-state index in [9.17, 15) is 0 Å². The second-order valence-electron chi connectivity index (χ2n) is 3.76. The highest BCUT2D eigenvalue weighted by molar-refractivity contribution is 5.31. The van der Waals surface area contributed by atoms with Crippen molar-refractivity contribution in [2.45, 2.75) is 18.9 Å². The summed E-state index contributed by atoms with van der Waals surface area (Å²) in [6.07, 6.45) is 5.57. The van der Waals surface area contributed by atoms with Crippen LogP contribution < -0.4 is 4.90 Å². The van der Waals surface area contributed by atoms with E-state index in [2.05, 4.69) is 19.9 Å². The molecule has 2 rings (SSSR count). The molecule has 0 radical (unpaired) electrons. The summed E-state index contributed by atoms with van der Waals surface area (Å²) < 4.78 is 2.01. The molecule has 80 valence electrons. The Hall–Kier alpha value is -1.68. The van der Waals surface area contributed by atoms with Crippen LogP contribution in [0.25, 0.3) is 10.4 Å². The van der Waals surface area contributed by atoms with E-state index in [0.717, 1.165) is 31.9 Å². The molecule has 1 aromatic rings. The van der Waals surface area contributed by atoms with Crippen molar-refractivity contribution in [1.29, 1.82) is 0 Å². The van der Waals surface area contributed by atoms with E-state index in [1.54, 1.807) is 6.20 Å². The number of imidazole rings is 1. The van der Waals surface area contributed by atoms with E-state index < -0.39 is 0 Å². The molecule has 0 amide bonds. The molecule has 2 heterocycles. The zero-order valence-electron chi connectivity index (χ0n) is 8.74. The number of aromatic nitrogens is 2. The highest BCUT2D eigenvalue weighted by atomic mass is 15.3. The summed E-state index contributed by atoms with van der Waals surface area (Å²) in [4.78, 5) is 9.37. The molecule has 0 N–H and O–H groups in total. The largest absolute Gasteiger partial charge is 0.342 e. The summed E-state index contributed by atoms with van der Waals surface area (Å²) >= 11 is 0. The molecule has 15 heavy (non-hydrogen) atoms. The number of azide groups is 1. The van der Waals surface area contributed by atoms with Crippen molar-refractivity contribution in [3.63, 3.8) is 0 Å². The third-order valence-corrected chi connectivity index (χ3v) is 2.76. The molecule has 0 aliphatic carbocycles. The monoisotopic (exact) mass is 206 g/mol. The van der Waals surface area contributed by atoms with Crippen LogP contribution in [0.5, 0.6) is 0 Å². The zero-order chi connectivity index (χ0) is 10.7. The van der Waals surface area contributed by atoms with E-state index in [4.69, 9.17) is 5.53 Å². The average Bonchev–Trinajstić information content (AvgIpc) is 2.66. The lowest BCUT2D eigenvalue weighted by Crippen LogP contribution is -2.36. The van der Waals surface area contributed by atoms with Gasteiger partial charge in [-0.15, -0.1) is 0 Å². The Morgan fingerprint density at radius 3 is 2.80 bits per heavy atom. The fourth-order valence-electron chi connectivity index (χ4n) is 1.92. The van der Waals surface area contributed by atoms with E-state index in [0.29, 0.717) is 0 Å². The summed E-state index contributed by atoms with van der Waals surface area (Å²) in [5.41, 5.74) is 8.34. The van der Waals surface area contributed by atoms with Gasteiger partial charge in [0.15, 0.2) is 0 Å². The van der Waals surface area contributed by atoms with Crippen molar-refractivity contribution < 1.29 is 0 Å². The van der Waals surface area contributed by atoms with E-state index in [1.165, 1.54) is 0 Å². The van der Waals surface area contributed by atoms with Gasteiger partial charge in [0.05, 0.1) is 0 Å². The van der Waals surface area contributed by atoms with Gasteiger partial charge >= 0.3 is 0 Å². The molecule has 0 spiro atoms. The van der Waals surface area contributed by atoms with Crippen LogP contribution in [-0.2, 0) is 7.05 Å². The van der Waals surface area contributed by atoms with Crippen LogP contribution in [0.3, 0.4) is 0 Å². The van der Waals surface area contributed by atoms with E-state index in [-0.39, 0.29) is 6.04 Å². The maximum Gasteiger partial charge on any atom is 0.205 e. The molecular formula is C9H14N6. The summed E-state index contributed by atoms with van der Waals surface area (Å²) in [6, 6.07) is 0.159. The molecular weight excluding hydrogens is 192 g/mol. The van der Waals surface area contributed by atoms with Crippen LogP contribution in [0.4, 0.5) is 5.95 Å². The van der Waals surface area contributed by atoms with Gasteiger partial charge in [0.1, 0.15) is 0 Å². The van der Waals surface area contributed by atoms with Gasteiger partial charge in [-0.1, -0.05) is 5.11 Å². The van der Waals surface area contributed by atoms with Crippen LogP contribution in [0.15, 0.2) is 17.5 Å². The van der Waals surface area contributed by atoms with Crippen LogP contribution in [0.2, 0.25) is 0 Å². The number of hydrogen-bond acceptors (Lipinski definition) is 3. The van der Waals surface area contributed by atoms with Gasteiger partial charge in [-0.2, -0.15) is 0 Å². The first-order chi connectivity index (χ1) is 7.31. The molecule has 0 aromatic carbocycles. The van der Waals surface area contributed by atoms with Gasteiger partial charge < -0.3 is 9.47 Å². The van der Waals surface area contributed by atoms with Crippen molar-refractivity contribution >= 4 is 5.95 Å². The third kappa shape index (κ3) is 2.05. The Kier molecular flexibility index (Phi) is 2.78. The van der Waals surface area contributed by atoms with Gasteiger partial charge in [-0.05, 0) is 18.4 Å². The van der Waals surface area contributed by atoms with Gasteiger partial charge in [0, 0.05) is 43.5 Å². The van der Waals surface area contributed by atoms with Crippen LogP contribution >= 0.6 is 0 Å². The number of rotatable bonds is 2. The molecule has 0 saturated carbocycles. The normalized spacial score (nSPS) is 17.5. The number of piperidine rings is 1. The maximum atomic E-state index is 8.34. The Morgan fingerprint density at radius 1 is 1.53 bits per heavy atom. The molecule has 0 atom stereocenters. The Balaban J connectivity index is 1.99. The second-order valence-corrected chi connectivity index (χ2v) is 3.76. The summed E-state index contributed by atoms with van der Waals surface area (Å²) in [5.74, 6) is 0.995. The highest BCUT2D eigenvalue weighted by Crippen LogP contribution is 2.19. The molecule has 0 unspecified atom stereocenters. The Bertz CT molecular complexity index is 370. The molecule has 1 saturated heterocycles. The van der Waals surface area contributed by atoms with Crippen LogP contribution in [0, 0.1) is 0 Å². The summed E-state index contributed by atoms with van der Waals surface area (Å²) in [7, 11) is 1.99. The lowest BCUT2D eigenvalue weighted by atomic mass is 10.1. The number of nitrogens with zero attached hydrogens (tertiary/aromatic N) is 6.